The minimum absolute atomic E-state index is 0.355. The molecule has 0 atom stereocenters. The first-order valence-electron chi connectivity index (χ1n) is 9.97. The van der Waals surface area contributed by atoms with Gasteiger partial charge in [-0.15, -0.1) is 16.4 Å². The monoisotopic (exact) mass is 446 g/mol. The van der Waals surface area contributed by atoms with Gasteiger partial charge in [0.25, 0.3) is 0 Å². The van der Waals surface area contributed by atoms with Crippen molar-refractivity contribution < 1.29 is 9.13 Å². The van der Waals surface area contributed by atoms with E-state index in [2.05, 4.69) is 15.4 Å². The molecule has 9 heteroatoms. The van der Waals surface area contributed by atoms with Gasteiger partial charge in [-0.05, 0) is 41.8 Å². The fourth-order valence-corrected chi connectivity index (χ4v) is 4.06. The molecule has 0 aliphatic carbocycles. The zero-order chi connectivity index (χ0) is 21.9. The predicted octanol–water partition coefficient (Wildman–Crippen LogP) is 4.76. The highest BCUT2D eigenvalue weighted by Gasteiger charge is 2.19. The lowest BCUT2D eigenvalue weighted by Gasteiger charge is -2.09. The third-order valence-electron chi connectivity index (χ3n) is 4.77. The van der Waals surface area contributed by atoms with E-state index in [1.807, 2.05) is 47.8 Å². The Balaban J connectivity index is 1.48. The van der Waals surface area contributed by atoms with Gasteiger partial charge in [0.2, 0.25) is 5.95 Å². The standard InChI is InChI=1S/C23H19FN6OS/c24-15-6-4-7-16(14-15)30-21(25)19-20(18-10-5-13-32-18)27-23(28-22(19)29-30)26-11-12-31-17-8-2-1-3-9-17/h1-10,13-14H,11-12,25H2,(H,26,28,29). The number of nitrogens with zero attached hydrogens (tertiary/aromatic N) is 4. The average Bonchev–Trinajstić information content (AvgIpc) is 3.46. The van der Waals surface area contributed by atoms with Gasteiger partial charge in [-0.3, -0.25) is 0 Å². The Kier molecular flexibility index (Phi) is 5.39. The van der Waals surface area contributed by atoms with Crippen molar-refractivity contribution in [2.75, 3.05) is 24.2 Å². The van der Waals surface area contributed by atoms with E-state index >= 15 is 0 Å². The number of fused-ring (bicyclic) bond motifs is 1. The molecule has 0 bridgehead atoms. The summed E-state index contributed by atoms with van der Waals surface area (Å²) in [6.07, 6.45) is 0. The van der Waals surface area contributed by atoms with E-state index in [1.54, 1.807) is 23.5 Å². The zero-order valence-corrected chi connectivity index (χ0v) is 17.7. The zero-order valence-electron chi connectivity index (χ0n) is 16.9. The Hall–Kier alpha value is -3.98. The van der Waals surface area contributed by atoms with Gasteiger partial charge in [-0.2, -0.15) is 4.98 Å². The summed E-state index contributed by atoms with van der Waals surface area (Å²) in [5.41, 5.74) is 8.05. The lowest BCUT2D eigenvalue weighted by molar-refractivity contribution is 0.332. The van der Waals surface area contributed by atoms with Crippen molar-refractivity contribution in [1.82, 2.24) is 19.7 Å². The number of thiophene rings is 1. The highest BCUT2D eigenvalue weighted by molar-refractivity contribution is 7.13. The third-order valence-corrected chi connectivity index (χ3v) is 5.65. The lowest BCUT2D eigenvalue weighted by Crippen LogP contribution is -2.13. The third kappa shape index (κ3) is 3.97. The molecular formula is C23H19FN6OS. The number of rotatable bonds is 7. The smallest absolute Gasteiger partial charge is 0.225 e. The molecule has 0 aliphatic heterocycles. The number of nitrogens with two attached hydrogens (primary N) is 1. The molecule has 5 rings (SSSR count). The first-order chi connectivity index (χ1) is 15.7. The minimum Gasteiger partial charge on any atom is -0.492 e. The second-order valence-corrected chi connectivity index (χ2v) is 7.88. The van der Waals surface area contributed by atoms with Gasteiger partial charge in [0.15, 0.2) is 5.65 Å². The van der Waals surface area contributed by atoms with Crippen molar-refractivity contribution in [1.29, 1.82) is 0 Å². The Labute approximate surface area is 187 Å². The summed E-state index contributed by atoms with van der Waals surface area (Å²) in [7, 11) is 0. The molecule has 5 aromatic rings. The fraction of sp³-hybridized carbons (Fsp3) is 0.0870. The van der Waals surface area contributed by atoms with Crippen LogP contribution in [0.5, 0.6) is 5.75 Å². The molecule has 3 N–H and O–H groups in total. The summed E-state index contributed by atoms with van der Waals surface area (Å²) in [6.45, 7) is 0.948. The molecule has 2 aromatic carbocycles. The number of hydrogen-bond donors (Lipinski definition) is 2. The molecule has 0 saturated carbocycles. The molecule has 0 saturated heterocycles. The van der Waals surface area contributed by atoms with Crippen molar-refractivity contribution in [3.63, 3.8) is 0 Å². The second-order valence-electron chi connectivity index (χ2n) is 6.94. The maximum absolute atomic E-state index is 13.8. The number of halogens is 1. The number of nitrogens with one attached hydrogen (secondary N) is 1. The molecule has 0 spiro atoms. The molecule has 0 fully saturated rings. The van der Waals surface area contributed by atoms with Gasteiger partial charge in [-0.1, -0.05) is 30.3 Å². The molecule has 160 valence electrons. The van der Waals surface area contributed by atoms with Crippen LogP contribution >= 0.6 is 11.3 Å². The molecule has 3 heterocycles. The van der Waals surface area contributed by atoms with Gasteiger partial charge in [0.05, 0.1) is 28.2 Å². The highest BCUT2D eigenvalue weighted by Crippen LogP contribution is 2.34. The van der Waals surface area contributed by atoms with Crippen LogP contribution in [0.1, 0.15) is 0 Å². The number of aromatic nitrogens is 4. The fourth-order valence-electron chi connectivity index (χ4n) is 3.34. The van der Waals surface area contributed by atoms with Crippen molar-refractivity contribution in [3.05, 3.63) is 77.9 Å². The molecule has 0 amide bonds. The summed E-state index contributed by atoms with van der Waals surface area (Å²) >= 11 is 1.55. The highest BCUT2D eigenvalue weighted by atomic mass is 32.1. The molecular weight excluding hydrogens is 427 g/mol. The van der Waals surface area contributed by atoms with E-state index in [0.717, 1.165) is 10.6 Å². The normalized spacial score (nSPS) is 11.0. The molecule has 7 nitrogen and oxygen atoms in total. The largest absolute Gasteiger partial charge is 0.492 e. The summed E-state index contributed by atoms with van der Waals surface area (Å²) in [5.74, 6) is 1.20. The van der Waals surface area contributed by atoms with E-state index in [9.17, 15) is 4.39 Å². The van der Waals surface area contributed by atoms with Crippen LogP contribution < -0.4 is 15.8 Å². The number of para-hydroxylation sites is 1. The number of nitrogen functional groups attached to an aromatic ring is 1. The van der Waals surface area contributed by atoms with Gasteiger partial charge in [0.1, 0.15) is 24.0 Å². The van der Waals surface area contributed by atoms with Crippen molar-refractivity contribution in [2.45, 2.75) is 0 Å². The maximum atomic E-state index is 13.8. The van der Waals surface area contributed by atoms with Crippen molar-refractivity contribution in [3.8, 4) is 22.0 Å². The van der Waals surface area contributed by atoms with Crippen LogP contribution in [0.15, 0.2) is 72.1 Å². The molecule has 3 aromatic heterocycles. The van der Waals surface area contributed by atoms with Crippen LogP contribution in [0.25, 0.3) is 27.3 Å². The number of ether oxygens (including phenoxy) is 1. The Morgan fingerprint density at radius 3 is 2.69 bits per heavy atom. The van der Waals surface area contributed by atoms with E-state index in [1.165, 1.54) is 16.8 Å². The first kappa shape index (κ1) is 20.0. The Morgan fingerprint density at radius 2 is 1.91 bits per heavy atom. The molecule has 0 radical (unpaired) electrons. The van der Waals surface area contributed by atoms with Gasteiger partial charge in [-0.25, -0.2) is 14.1 Å². The van der Waals surface area contributed by atoms with Crippen LogP contribution in [-0.2, 0) is 0 Å². The van der Waals surface area contributed by atoms with E-state index in [4.69, 9.17) is 15.5 Å². The van der Waals surface area contributed by atoms with Gasteiger partial charge in [0, 0.05) is 0 Å². The predicted molar refractivity (Wildman–Crippen MR) is 125 cm³/mol. The number of benzene rings is 2. The Morgan fingerprint density at radius 1 is 1.03 bits per heavy atom. The summed E-state index contributed by atoms with van der Waals surface area (Å²) in [5, 5.41) is 10.3. The summed E-state index contributed by atoms with van der Waals surface area (Å²) < 4.78 is 21.0. The van der Waals surface area contributed by atoms with E-state index in [0.29, 0.717) is 47.3 Å². The van der Waals surface area contributed by atoms with Gasteiger partial charge < -0.3 is 15.8 Å². The quantitative estimate of drug-likeness (QED) is 0.351. The van der Waals surface area contributed by atoms with Crippen LogP contribution in [0.2, 0.25) is 0 Å². The van der Waals surface area contributed by atoms with E-state index in [-0.39, 0.29) is 5.82 Å². The molecule has 0 aliphatic rings. The minimum atomic E-state index is -0.369. The summed E-state index contributed by atoms with van der Waals surface area (Å²) in [4.78, 5) is 10.2. The van der Waals surface area contributed by atoms with Crippen LogP contribution in [0.4, 0.5) is 16.2 Å². The maximum Gasteiger partial charge on any atom is 0.225 e. The second kappa shape index (κ2) is 8.64. The number of hydrogen-bond acceptors (Lipinski definition) is 7. The van der Waals surface area contributed by atoms with Crippen molar-refractivity contribution >= 4 is 34.1 Å². The van der Waals surface area contributed by atoms with E-state index < -0.39 is 0 Å². The Bertz CT molecular complexity index is 1350. The van der Waals surface area contributed by atoms with Crippen LogP contribution in [0, 0.1) is 5.82 Å². The topological polar surface area (TPSA) is 90.9 Å². The van der Waals surface area contributed by atoms with Crippen LogP contribution in [0.3, 0.4) is 0 Å². The van der Waals surface area contributed by atoms with Gasteiger partial charge >= 0.3 is 0 Å². The number of anilines is 2. The van der Waals surface area contributed by atoms with Crippen molar-refractivity contribution in [2.24, 2.45) is 0 Å². The average molecular weight is 447 g/mol. The lowest BCUT2D eigenvalue weighted by atomic mass is 10.2. The molecule has 0 unspecified atom stereocenters. The van der Waals surface area contributed by atoms with Crippen LogP contribution in [-0.4, -0.2) is 32.9 Å². The first-order valence-corrected chi connectivity index (χ1v) is 10.8. The molecule has 32 heavy (non-hydrogen) atoms. The SMILES string of the molecule is Nc1c2c(-c3cccs3)nc(NCCOc3ccccc3)nc2nn1-c1cccc(F)c1. The summed E-state index contributed by atoms with van der Waals surface area (Å²) in [6, 6.07) is 19.6.